The summed E-state index contributed by atoms with van der Waals surface area (Å²) in [5, 5.41) is 3.43. The van der Waals surface area contributed by atoms with Crippen molar-refractivity contribution in [3.8, 4) is 0 Å². The summed E-state index contributed by atoms with van der Waals surface area (Å²) in [6, 6.07) is 9.43. The third-order valence-electron chi connectivity index (χ3n) is 5.50. The van der Waals surface area contributed by atoms with Gasteiger partial charge in [0, 0.05) is 48.7 Å². The van der Waals surface area contributed by atoms with Crippen molar-refractivity contribution < 1.29 is 4.79 Å². The third kappa shape index (κ3) is 5.19. The van der Waals surface area contributed by atoms with Crippen LogP contribution in [-0.4, -0.2) is 54.5 Å². The van der Waals surface area contributed by atoms with Gasteiger partial charge < -0.3 is 10.2 Å². The van der Waals surface area contributed by atoms with Crippen LogP contribution in [0.25, 0.3) is 0 Å². The summed E-state index contributed by atoms with van der Waals surface area (Å²) in [6.45, 7) is 9.05. The Labute approximate surface area is 165 Å². The van der Waals surface area contributed by atoms with Crippen molar-refractivity contribution in [3.63, 3.8) is 0 Å². The van der Waals surface area contributed by atoms with E-state index in [-0.39, 0.29) is 18.3 Å². The van der Waals surface area contributed by atoms with Crippen LogP contribution in [0.4, 0.5) is 0 Å². The molecule has 3 rings (SSSR count). The summed E-state index contributed by atoms with van der Waals surface area (Å²) in [5.41, 5.74) is 1.34. The Hall–Kier alpha value is -0.620. The van der Waals surface area contributed by atoms with E-state index in [1.165, 1.54) is 5.56 Å². The van der Waals surface area contributed by atoms with Gasteiger partial charge in [-0.3, -0.25) is 9.69 Å². The first-order valence-electron chi connectivity index (χ1n) is 9.06. The van der Waals surface area contributed by atoms with E-state index in [4.69, 9.17) is 0 Å². The summed E-state index contributed by atoms with van der Waals surface area (Å²) in [5.74, 6) is 0.594. The molecular weight excluding hydrogens is 402 g/mol. The first-order valence-corrected chi connectivity index (χ1v) is 9.85. The molecule has 0 radical (unpaired) electrons. The van der Waals surface area contributed by atoms with Crippen molar-refractivity contribution in [1.29, 1.82) is 0 Å². The number of nitrogens with zero attached hydrogens (tertiary/aromatic N) is 2. The maximum atomic E-state index is 12.8. The van der Waals surface area contributed by atoms with Crippen molar-refractivity contribution in [3.05, 3.63) is 34.3 Å². The average Bonchev–Trinajstić information content (AvgIpc) is 2.61. The molecule has 1 amide bonds. The molecule has 0 saturated carbocycles. The van der Waals surface area contributed by atoms with Gasteiger partial charge in [0.2, 0.25) is 5.91 Å². The predicted octanol–water partition coefficient (Wildman–Crippen LogP) is 3.46. The first-order chi connectivity index (χ1) is 11.5. The molecule has 1 aromatic rings. The summed E-state index contributed by atoms with van der Waals surface area (Å²) in [7, 11) is 0. The normalized spacial score (nSPS) is 26.0. The Bertz CT molecular complexity index is 560. The number of carbonyl (C=O) groups is 1. The second-order valence-electron chi connectivity index (χ2n) is 7.17. The van der Waals surface area contributed by atoms with E-state index in [1.807, 2.05) is 0 Å². The molecule has 0 aliphatic carbocycles. The lowest BCUT2D eigenvalue weighted by atomic mass is 9.91. The maximum Gasteiger partial charge on any atom is 0.225 e. The molecule has 2 saturated heterocycles. The number of piperidine rings is 1. The molecule has 2 fully saturated rings. The number of benzene rings is 1. The zero-order chi connectivity index (χ0) is 17.1. The van der Waals surface area contributed by atoms with Gasteiger partial charge in [0.05, 0.1) is 0 Å². The fourth-order valence-corrected chi connectivity index (χ4v) is 4.16. The van der Waals surface area contributed by atoms with E-state index in [1.54, 1.807) is 0 Å². The van der Waals surface area contributed by atoms with E-state index in [0.29, 0.717) is 18.0 Å². The number of piperazine rings is 1. The van der Waals surface area contributed by atoms with Crippen molar-refractivity contribution in [1.82, 2.24) is 15.1 Å². The number of hydrogen-bond acceptors (Lipinski definition) is 3. The minimum atomic E-state index is 0. The molecule has 2 heterocycles. The molecule has 4 nitrogen and oxygen atoms in total. The van der Waals surface area contributed by atoms with Crippen LogP contribution in [-0.2, 0) is 4.79 Å². The molecule has 0 aromatic heterocycles. The molecule has 1 unspecified atom stereocenters. The number of halogens is 2. The Balaban J connectivity index is 0.00000225. The molecule has 140 valence electrons. The standard InChI is InChI=1S/C19H28BrN3O.ClH/c1-14-13-17(7-8-21-14)19(24)23-11-9-22(10-12-23)15(2)16-3-5-18(20)6-4-16;/h3-6,14-15,17,21H,7-13H2,1-2H3;1H/t14-,15?,17-;/m0./s1. The summed E-state index contributed by atoms with van der Waals surface area (Å²) in [6.07, 6.45) is 1.97. The van der Waals surface area contributed by atoms with E-state index in [9.17, 15) is 4.79 Å². The number of rotatable bonds is 3. The monoisotopic (exact) mass is 429 g/mol. The van der Waals surface area contributed by atoms with Crippen LogP contribution in [0.15, 0.2) is 28.7 Å². The van der Waals surface area contributed by atoms with Crippen LogP contribution < -0.4 is 5.32 Å². The lowest BCUT2D eigenvalue weighted by Crippen LogP contribution is -2.52. The second-order valence-corrected chi connectivity index (χ2v) is 8.08. The highest BCUT2D eigenvalue weighted by Crippen LogP contribution is 2.25. The Kier molecular flexibility index (Phi) is 7.74. The van der Waals surface area contributed by atoms with Crippen molar-refractivity contribution in [2.24, 2.45) is 5.92 Å². The summed E-state index contributed by atoms with van der Waals surface area (Å²) in [4.78, 5) is 17.3. The molecular formula is C19H29BrClN3O. The number of nitrogens with one attached hydrogen (secondary N) is 1. The van der Waals surface area contributed by atoms with Crippen LogP contribution in [0.5, 0.6) is 0 Å². The second kappa shape index (κ2) is 9.36. The van der Waals surface area contributed by atoms with E-state index in [2.05, 4.69) is 69.2 Å². The zero-order valence-electron chi connectivity index (χ0n) is 15.1. The number of hydrogen-bond donors (Lipinski definition) is 1. The largest absolute Gasteiger partial charge is 0.340 e. The summed E-state index contributed by atoms with van der Waals surface area (Å²) >= 11 is 3.49. The molecule has 2 aliphatic rings. The van der Waals surface area contributed by atoms with Gasteiger partial charge in [-0.05, 0) is 50.9 Å². The third-order valence-corrected chi connectivity index (χ3v) is 6.03. The van der Waals surface area contributed by atoms with Crippen molar-refractivity contribution >= 4 is 34.2 Å². The zero-order valence-corrected chi connectivity index (χ0v) is 17.5. The minimum absolute atomic E-state index is 0. The van der Waals surface area contributed by atoms with Crippen LogP contribution in [0, 0.1) is 5.92 Å². The van der Waals surface area contributed by atoms with Gasteiger partial charge >= 0.3 is 0 Å². The molecule has 1 N–H and O–H groups in total. The molecule has 0 spiro atoms. The molecule has 6 heteroatoms. The van der Waals surface area contributed by atoms with Gasteiger partial charge in [0.25, 0.3) is 0 Å². The minimum Gasteiger partial charge on any atom is -0.340 e. The van der Waals surface area contributed by atoms with Gasteiger partial charge in [0.15, 0.2) is 0 Å². The van der Waals surface area contributed by atoms with Gasteiger partial charge in [-0.1, -0.05) is 28.1 Å². The fourth-order valence-electron chi connectivity index (χ4n) is 3.90. The van der Waals surface area contributed by atoms with E-state index in [0.717, 1.165) is 50.0 Å². The highest BCUT2D eigenvalue weighted by atomic mass is 79.9. The number of amides is 1. The molecule has 3 atom stereocenters. The van der Waals surface area contributed by atoms with Crippen molar-refractivity contribution in [2.75, 3.05) is 32.7 Å². The van der Waals surface area contributed by atoms with Gasteiger partial charge in [-0.15, -0.1) is 12.4 Å². The average molecular weight is 431 g/mol. The molecule has 0 bridgehead atoms. The van der Waals surface area contributed by atoms with Gasteiger partial charge in [0.1, 0.15) is 0 Å². The fraction of sp³-hybridized carbons (Fsp3) is 0.632. The molecule has 1 aromatic carbocycles. The quantitative estimate of drug-likeness (QED) is 0.797. The van der Waals surface area contributed by atoms with E-state index < -0.39 is 0 Å². The highest BCUT2D eigenvalue weighted by molar-refractivity contribution is 9.10. The summed E-state index contributed by atoms with van der Waals surface area (Å²) < 4.78 is 1.12. The Morgan fingerprint density at radius 2 is 1.84 bits per heavy atom. The first kappa shape index (κ1) is 20.7. The predicted molar refractivity (Wildman–Crippen MR) is 108 cm³/mol. The number of carbonyl (C=O) groups excluding carboxylic acids is 1. The van der Waals surface area contributed by atoms with Crippen molar-refractivity contribution in [2.45, 2.75) is 38.8 Å². The molecule has 2 aliphatic heterocycles. The SMILES string of the molecule is CC(c1ccc(Br)cc1)N1CCN(C(=O)[C@H]2CCN[C@@H](C)C2)CC1.Cl. The topological polar surface area (TPSA) is 35.6 Å². The van der Waals surface area contributed by atoms with Crippen LogP contribution in [0.3, 0.4) is 0 Å². The lowest BCUT2D eigenvalue weighted by molar-refractivity contribution is -0.138. The maximum absolute atomic E-state index is 12.8. The van der Waals surface area contributed by atoms with Crippen LogP contribution >= 0.6 is 28.3 Å². The van der Waals surface area contributed by atoms with Crippen LogP contribution in [0.2, 0.25) is 0 Å². The lowest BCUT2D eigenvalue weighted by Gasteiger charge is -2.40. The van der Waals surface area contributed by atoms with Crippen LogP contribution in [0.1, 0.15) is 38.3 Å². The van der Waals surface area contributed by atoms with Gasteiger partial charge in [-0.2, -0.15) is 0 Å². The Morgan fingerprint density at radius 1 is 1.20 bits per heavy atom. The highest BCUT2D eigenvalue weighted by Gasteiger charge is 2.31. The Morgan fingerprint density at radius 3 is 2.44 bits per heavy atom. The smallest absolute Gasteiger partial charge is 0.225 e. The molecule has 25 heavy (non-hydrogen) atoms. The van der Waals surface area contributed by atoms with Gasteiger partial charge in [-0.25, -0.2) is 0 Å². The van der Waals surface area contributed by atoms with E-state index >= 15 is 0 Å².